The maximum absolute atomic E-state index is 12.4. The summed E-state index contributed by atoms with van der Waals surface area (Å²) >= 11 is 6.15. The highest BCUT2D eigenvalue weighted by Gasteiger charge is 2.17. The fraction of sp³-hybridized carbons (Fsp3) is 0.190. The number of ether oxygens (including phenoxy) is 3. The third kappa shape index (κ3) is 4.83. The lowest BCUT2D eigenvalue weighted by molar-refractivity contribution is -0.125. The summed E-state index contributed by atoms with van der Waals surface area (Å²) in [5.74, 6) is 1.78. The number of carbonyl (C=O) groups is 1. The molecule has 140 valence electrons. The zero-order chi connectivity index (χ0) is 19.2. The second-order valence-electron chi connectivity index (χ2n) is 6.01. The highest BCUT2D eigenvalue weighted by atomic mass is 35.5. The van der Waals surface area contributed by atoms with Crippen molar-refractivity contribution in [3.8, 4) is 17.2 Å². The van der Waals surface area contributed by atoms with E-state index in [1.54, 1.807) is 36.2 Å². The number of carbonyl (C=O) groups excluding carboxylic acids is 1. The monoisotopic (exact) mass is 385 g/mol. The molecule has 5 nitrogen and oxygen atoms in total. The first-order valence-corrected chi connectivity index (χ1v) is 8.79. The Bertz CT molecular complexity index is 861. The molecule has 0 aliphatic carbocycles. The first kappa shape index (κ1) is 18.9. The lowest BCUT2D eigenvalue weighted by Crippen LogP contribution is -2.24. The summed E-state index contributed by atoms with van der Waals surface area (Å²) in [6.07, 6.45) is 4.91. The third-order valence-electron chi connectivity index (χ3n) is 3.96. The van der Waals surface area contributed by atoms with Crippen LogP contribution in [-0.4, -0.2) is 31.3 Å². The molecule has 1 amide bonds. The second kappa shape index (κ2) is 8.64. The predicted octanol–water partition coefficient (Wildman–Crippen LogP) is 4.31. The summed E-state index contributed by atoms with van der Waals surface area (Å²) in [5.41, 5.74) is 1.78. The number of fused-ring (bicyclic) bond motifs is 1. The van der Waals surface area contributed by atoms with Gasteiger partial charge in [-0.1, -0.05) is 36.4 Å². The lowest BCUT2D eigenvalue weighted by atomic mass is 10.1. The van der Waals surface area contributed by atoms with Crippen LogP contribution in [0.1, 0.15) is 11.1 Å². The smallest absolute Gasteiger partial charge is 0.246 e. The van der Waals surface area contributed by atoms with Crippen LogP contribution >= 0.6 is 11.6 Å². The van der Waals surface area contributed by atoms with Crippen molar-refractivity contribution in [1.29, 1.82) is 0 Å². The van der Waals surface area contributed by atoms with Crippen molar-refractivity contribution in [3.05, 3.63) is 71.3 Å². The van der Waals surface area contributed by atoms with E-state index in [1.165, 1.54) is 6.08 Å². The molecule has 2 aromatic rings. The summed E-state index contributed by atoms with van der Waals surface area (Å²) in [5, 5.41) is 0.462. The molecular weight excluding hydrogens is 366 g/mol. The molecule has 1 heterocycles. The van der Waals surface area contributed by atoms with Gasteiger partial charge in [0.05, 0.1) is 5.02 Å². The molecular formula is C21H20ClNO4. The van der Waals surface area contributed by atoms with Gasteiger partial charge in [-0.15, -0.1) is 0 Å². The number of hydrogen-bond donors (Lipinski definition) is 0. The Morgan fingerprint density at radius 3 is 2.81 bits per heavy atom. The molecule has 0 atom stereocenters. The highest BCUT2D eigenvalue weighted by molar-refractivity contribution is 6.32. The second-order valence-corrected chi connectivity index (χ2v) is 6.41. The molecule has 1 aliphatic heterocycles. The van der Waals surface area contributed by atoms with E-state index in [9.17, 15) is 4.79 Å². The predicted molar refractivity (Wildman–Crippen MR) is 105 cm³/mol. The first-order chi connectivity index (χ1) is 13.1. The quantitative estimate of drug-likeness (QED) is 0.526. The van der Waals surface area contributed by atoms with Gasteiger partial charge in [-0.05, 0) is 41.5 Å². The molecule has 0 unspecified atom stereocenters. The average molecular weight is 386 g/mol. The Morgan fingerprint density at radius 2 is 2.07 bits per heavy atom. The highest BCUT2D eigenvalue weighted by Crippen LogP contribution is 2.40. The van der Waals surface area contributed by atoms with Crippen molar-refractivity contribution in [2.75, 3.05) is 20.4 Å². The van der Waals surface area contributed by atoms with Crippen molar-refractivity contribution in [1.82, 2.24) is 4.90 Å². The Kier molecular flexibility index (Phi) is 6.04. The molecule has 1 aliphatic rings. The van der Waals surface area contributed by atoms with Gasteiger partial charge in [0.2, 0.25) is 12.7 Å². The van der Waals surface area contributed by atoms with Crippen LogP contribution in [0, 0.1) is 0 Å². The molecule has 0 aromatic heterocycles. The SMILES string of the molecule is C=CCOc1ccc(CN(C)C(=O)/C=C/c2cc(Cl)c3c(c2)OCO3)cc1. The van der Waals surface area contributed by atoms with Crippen molar-refractivity contribution in [3.63, 3.8) is 0 Å². The van der Waals surface area contributed by atoms with Crippen LogP contribution in [0.3, 0.4) is 0 Å². The number of nitrogens with zero attached hydrogens (tertiary/aromatic N) is 1. The zero-order valence-electron chi connectivity index (χ0n) is 15.0. The molecule has 0 N–H and O–H groups in total. The number of halogens is 1. The molecule has 0 spiro atoms. The van der Waals surface area contributed by atoms with Gasteiger partial charge in [0.1, 0.15) is 12.4 Å². The summed E-state index contributed by atoms with van der Waals surface area (Å²) in [4.78, 5) is 14.0. The van der Waals surface area contributed by atoms with E-state index in [1.807, 2.05) is 24.3 Å². The van der Waals surface area contributed by atoms with E-state index in [-0.39, 0.29) is 12.7 Å². The van der Waals surface area contributed by atoms with E-state index < -0.39 is 0 Å². The Balaban J connectivity index is 1.60. The maximum atomic E-state index is 12.4. The lowest BCUT2D eigenvalue weighted by Gasteiger charge is -2.15. The minimum Gasteiger partial charge on any atom is -0.490 e. The number of likely N-dealkylation sites (N-methyl/N-ethyl adjacent to an activating group) is 1. The molecule has 0 fully saturated rings. The number of hydrogen-bond acceptors (Lipinski definition) is 4. The maximum Gasteiger partial charge on any atom is 0.246 e. The average Bonchev–Trinajstić information content (AvgIpc) is 3.14. The van der Waals surface area contributed by atoms with Gasteiger partial charge in [-0.3, -0.25) is 4.79 Å². The number of rotatable bonds is 7. The Hall–Kier alpha value is -2.92. The standard InChI is InChI=1S/C21H20ClNO4/c1-3-10-25-17-7-4-15(5-8-17)13-23(2)20(24)9-6-16-11-18(22)21-19(12-16)26-14-27-21/h3-9,11-12H,1,10,13-14H2,2H3/b9-6+. The Labute approximate surface area is 163 Å². The van der Waals surface area contributed by atoms with E-state index >= 15 is 0 Å². The van der Waals surface area contributed by atoms with Gasteiger partial charge in [0.25, 0.3) is 0 Å². The van der Waals surface area contributed by atoms with Gasteiger partial charge in [-0.2, -0.15) is 0 Å². The summed E-state index contributed by atoms with van der Waals surface area (Å²) in [7, 11) is 1.75. The molecule has 3 rings (SSSR count). The van der Waals surface area contributed by atoms with Gasteiger partial charge in [-0.25, -0.2) is 0 Å². The first-order valence-electron chi connectivity index (χ1n) is 8.42. The van der Waals surface area contributed by atoms with Crippen LogP contribution in [0.5, 0.6) is 17.2 Å². The van der Waals surface area contributed by atoms with Gasteiger partial charge >= 0.3 is 0 Å². The Morgan fingerprint density at radius 1 is 1.30 bits per heavy atom. The van der Waals surface area contributed by atoms with E-state index in [0.29, 0.717) is 29.7 Å². The van der Waals surface area contributed by atoms with Gasteiger partial charge in [0, 0.05) is 19.7 Å². The van der Waals surface area contributed by atoms with Crippen LogP contribution in [-0.2, 0) is 11.3 Å². The van der Waals surface area contributed by atoms with Gasteiger partial charge in [0.15, 0.2) is 11.5 Å². The van der Waals surface area contributed by atoms with Crippen LogP contribution in [0.15, 0.2) is 55.1 Å². The van der Waals surface area contributed by atoms with Crippen LogP contribution in [0.2, 0.25) is 5.02 Å². The van der Waals surface area contributed by atoms with Crippen LogP contribution in [0.25, 0.3) is 6.08 Å². The molecule has 2 aromatic carbocycles. The van der Waals surface area contributed by atoms with Crippen molar-refractivity contribution < 1.29 is 19.0 Å². The summed E-state index contributed by atoms with van der Waals surface area (Å²) in [6, 6.07) is 11.1. The summed E-state index contributed by atoms with van der Waals surface area (Å²) in [6.45, 7) is 4.73. The van der Waals surface area contributed by atoms with Crippen molar-refractivity contribution in [2.24, 2.45) is 0 Å². The van der Waals surface area contributed by atoms with E-state index in [0.717, 1.165) is 16.9 Å². The minimum atomic E-state index is -0.115. The van der Waals surface area contributed by atoms with Crippen molar-refractivity contribution >= 4 is 23.6 Å². The summed E-state index contributed by atoms with van der Waals surface area (Å²) < 4.78 is 16.1. The van der Waals surface area contributed by atoms with Crippen LogP contribution in [0.4, 0.5) is 0 Å². The van der Waals surface area contributed by atoms with E-state index in [2.05, 4.69) is 6.58 Å². The molecule has 6 heteroatoms. The molecule has 0 radical (unpaired) electrons. The van der Waals surface area contributed by atoms with Gasteiger partial charge < -0.3 is 19.1 Å². The van der Waals surface area contributed by atoms with E-state index in [4.69, 9.17) is 25.8 Å². The molecule has 0 saturated carbocycles. The minimum absolute atomic E-state index is 0.115. The zero-order valence-corrected chi connectivity index (χ0v) is 15.7. The topological polar surface area (TPSA) is 48.0 Å². The number of amides is 1. The van der Waals surface area contributed by atoms with Crippen molar-refractivity contribution in [2.45, 2.75) is 6.54 Å². The molecule has 0 bridgehead atoms. The largest absolute Gasteiger partial charge is 0.490 e. The normalized spacial score (nSPS) is 12.2. The number of benzene rings is 2. The fourth-order valence-electron chi connectivity index (χ4n) is 2.58. The van der Waals surface area contributed by atoms with Crippen LogP contribution < -0.4 is 14.2 Å². The molecule has 27 heavy (non-hydrogen) atoms. The fourth-order valence-corrected chi connectivity index (χ4v) is 2.85. The third-order valence-corrected chi connectivity index (χ3v) is 4.24. The molecule has 0 saturated heterocycles.